The summed E-state index contributed by atoms with van der Waals surface area (Å²) in [6.45, 7) is 6.24. The van der Waals surface area contributed by atoms with Gasteiger partial charge in [0.05, 0.1) is 22.5 Å². The van der Waals surface area contributed by atoms with Crippen molar-refractivity contribution in [1.82, 2.24) is 9.97 Å². The molecule has 5 heteroatoms. The standard InChI is InChI=1S/C26H25N3OS/c1-15-11-12-18(13-17(15)3)22-14-20(19-8-6-7-16(2)24(19)27-22)25(30)29-26-28-21-9-4-5-10-23(21)31-26/h6-8,11-14H,4-5,9-10H2,1-3H3,(H,28,29,30). The molecule has 2 heterocycles. The second kappa shape index (κ2) is 7.89. The lowest BCUT2D eigenvalue weighted by atomic mass is 9.99. The maximum Gasteiger partial charge on any atom is 0.258 e. The fourth-order valence-corrected chi connectivity index (χ4v) is 5.24. The number of carbonyl (C=O) groups excluding carboxylic acids is 1. The van der Waals surface area contributed by atoms with Gasteiger partial charge in [0, 0.05) is 15.8 Å². The molecule has 4 nitrogen and oxygen atoms in total. The number of amides is 1. The monoisotopic (exact) mass is 427 g/mol. The molecule has 0 spiro atoms. The Bertz CT molecular complexity index is 1300. The molecule has 5 rings (SSSR count). The van der Waals surface area contributed by atoms with Gasteiger partial charge in [-0.15, -0.1) is 11.3 Å². The maximum absolute atomic E-state index is 13.4. The number of aromatic nitrogens is 2. The number of pyridine rings is 1. The highest BCUT2D eigenvalue weighted by Crippen LogP contribution is 2.32. The molecular formula is C26H25N3OS. The fourth-order valence-electron chi connectivity index (χ4n) is 4.20. The first-order valence-corrected chi connectivity index (χ1v) is 11.6. The molecule has 1 amide bonds. The van der Waals surface area contributed by atoms with Crippen LogP contribution < -0.4 is 5.32 Å². The van der Waals surface area contributed by atoms with E-state index in [-0.39, 0.29) is 5.91 Å². The number of hydrogen-bond donors (Lipinski definition) is 1. The van der Waals surface area contributed by atoms with Crippen LogP contribution in [0.1, 0.15) is 50.5 Å². The molecular weight excluding hydrogens is 402 g/mol. The number of nitrogens with one attached hydrogen (secondary N) is 1. The van der Waals surface area contributed by atoms with Gasteiger partial charge in [0.2, 0.25) is 0 Å². The third kappa shape index (κ3) is 3.74. The molecule has 0 radical (unpaired) electrons. The van der Waals surface area contributed by atoms with Crippen molar-refractivity contribution in [3.8, 4) is 11.3 Å². The van der Waals surface area contributed by atoms with Crippen LogP contribution in [0.25, 0.3) is 22.2 Å². The second-order valence-electron chi connectivity index (χ2n) is 8.38. The summed E-state index contributed by atoms with van der Waals surface area (Å²) in [5, 5.41) is 4.63. The summed E-state index contributed by atoms with van der Waals surface area (Å²) in [5.74, 6) is -0.130. The molecule has 2 aromatic carbocycles. The van der Waals surface area contributed by atoms with Crippen LogP contribution in [0, 0.1) is 20.8 Å². The Morgan fingerprint density at radius 1 is 0.935 bits per heavy atom. The average Bonchev–Trinajstić information content (AvgIpc) is 3.17. The van der Waals surface area contributed by atoms with E-state index in [1.54, 1.807) is 11.3 Å². The average molecular weight is 428 g/mol. The van der Waals surface area contributed by atoms with Crippen LogP contribution in [0.5, 0.6) is 0 Å². The van der Waals surface area contributed by atoms with Crippen LogP contribution in [0.15, 0.2) is 42.5 Å². The number of para-hydroxylation sites is 1. The number of thiazole rings is 1. The topological polar surface area (TPSA) is 54.9 Å². The van der Waals surface area contributed by atoms with Gasteiger partial charge in [0.15, 0.2) is 5.13 Å². The molecule has 0 atom stereocenters. The lowest BCUT2D eigenvalue weighted by Gasteiger charge is -2.12. The van der Waals surface area contributed by atoms with Crippen molar-refractivity contribution in [2.45, 2.75) is 46.5 Å². The second-order valence-corrected chi connectivity index (χ2v) is 9.46. The van der Waals surface area contributed by atoms with Gasteiger partial charge in [-0.3, -0.25) is 10.1 Å². The Hall–Kier alpha value is -3.05. The minimum Gasteiger partial charge on any atom is -0.298 e. The van der Waals surface area contributed by atoms with E-state index in [1.165, 1.54) is 28.8 Å². The Morgan fingerprint density at radius 2 is 1.77 bits per heavy atom. The van der Waals surface area contributed by atoms with E-state index in [4.69, 9.17) is 4.98 Å². The molecule has 156 valence electrons. The van der Waals surface area contributed by atoms with Crippen LogP contribution in [0.4, 0.5) is 5.13 Å². The predicted molar refractivity (Wildman–Crippen MR) is 128 cm³/mol. The van der Waals surface area contributed by atoms with Crippen molar-refractivity contribution in [2.24, 2.45) is 0 Å². The minimum atomic E-state index is -0.130. The summed E-state index contributed by atoms with van der Waals surface area (Å²) in [6, 6.07) is 14.2. The van der Waals surface area contributed by atoms with Crippen molar-refractivity contribution in [3.05, 3.63) is 75.3 Å². The first-order chi connectivity index (χ1) is 15.0. The lowest BCUT2D eigenvalue weighted by molar-refractivity contribution is 0.102. The molecule has 2 aromatic heterocycles. The largest absolute Gasteiger partial charge is 0.298 e. The Balaban J connectivity index is 1.59. The molecule has 0 saturated heterocycles. The van der Waals surface area contributed by atoms with Crippen LogP contribution >= 0.6 is 11.3 Å². The highest BCUT2D eigenvalue weighted by molar-refractivity contribution is 7.15. The van der Waals surface area contributed by atoms with Crippen molar-refractivity contribution >= 4 is 33.3 Å². The first-order valence-electron chi connectivity index (χ1n) is 10.8. The van der Waals surface area contributed by atoms with E-state index < -0.39 is 0 Å². The summed E-state index contributed by atoms with van der Waals surface area (Å²) in [7, 11) is 0. The van der Waals surface area contributed by atoms with Crippen LogP contribution in [-0.2, 0) is 12.8 Å². The van der Waals surface area contributed by atoms with Crippen molar-refractivity contribution in [3.63, 3.8) is 0 Å². The van der Waals surface area contributed by atoms with E-state index in [0.29, 0.717) is 10.7 Å². The number of nitrogens with zero attached hydrogens (tertiary/aromatic N) is 2. The number of fused-ring (bicyclic) bond motifs is 2. The van der Waals surface area contributed by atoms with Gasteiger partial charge in [-0.1, -0.05) is 30.3 Å². The molecule has 31 heavy (non-hydrogen) atoms. The van der Waals surface area contributed by atoms with Gasteiger partial charge in [-0.2, -0.15) is 0 Å². The number of aryl methyl sites for hydroxylation is 5. The van der Waals surface area contributed by atoms with E-state index in [0.717, 1.165) is 46.3 Å². The predicted octanol–water partition coefficient (Wildman–Crippen LogP) is 6.41. The molecule has 0 fully saturated rings. The molecule has 0 aliphatic heterocycles. The van der Waals surface area contributed by atoms with Crippen LogP contribution in [0.3, 0.4) is 0 Å². The first kappa shape index (κ1) is 19.9. The van der Waals surface area contributed by atoms with Crippen molar-refractivity contribution in [2.75, 3.05) is 5.32 Å². The molecule has 0 saturated carbocycles. The molecule has 1 aliphatic carbocycles. The summed E-state index contributed by atoms with van der Waals surface area (Å²) in [6.07, 6.45) is 4.46. The normalized spacial score (nSPS) is 13.3. The summed E-state index contributed by atoms with van der Waals surface area (Å²) < 4.78 is 0. The summed E-state index contributed by atoms with van der Waals surface area (Å²) >= 11 is 1.61. The van der Waals surface area contributed by atoms with Gasteiger partial charge in [0.25, 0.3) is 5.91 Å². The molecule has 0 unspecified atom stereocenters. The Labute approximate surface area is 186 Å². The zero-order chi connectivity index (χ0) is 21.5. The Kier molecular flexibility index (Phi) is 5.06. The maximum atomic E-state index is 13.4. The van der Waals surface area contributed by atoms with Crippen LogP contribution in [-0.4, -0.2) is 15.9 Å². The summed E-state index contributed by atoms with van der Waals surface area (Å²) in [5.41, 5.74) is 7.99. The van der Waals surface area contributed by atoms with Gasteiger partial charge in [0.1, 0.15) is 0 Å². The molecule has 1 aliphatic rings. The number of rotatable bonds is 3. The van der Waals surface area contributed by atoms with Crippen molar-refractivity contribution < 1.29 is 4.79 Å². The highest BCUT2D eigenvalue weighted by Gasteiger charge is 2.19. The molecule has 4 aromatic rings. The third-order valence-corrected chi connectivity index (χ3v) is 7.23. The van der Waals surface area contributed by atoms with Gasteiger partial charge >= 0.3 is 0 Å². The van der Waals surface area contributed by atoms with Crippen LogP contribution in [0.2, 0.25) is 0 Å². The third-order valence-electron chi connectivity index (χ3n) is 6.15. The van der Waals surface area contributed by atoms with E-state index in [1.807, 2.05) is 31.2 Å². The van der Waals surface area contributed by atoms with E-state index in [9.17, 15) is 4.79 Å². The van der Waals surface area contributed by atoms with Crippen molar-refractivity contribution in [1.29, 1.82) is 0 Å². The number of hydrogen-bond acceptors (Lipinski definition) is 4. The smallest absolute Gasteiger partial charge is 0.258 e. The van der Waals surface area contributed by atoms with E-state index >= 15 is 0 Å². The Morgan fingerprint density at radius 3 is 2.58 bits per heavy atom. The number of carbonyl (C=O) groups is 1. The summed E-state index contributed by atoms with van der Waals surface area (Å²) in [4.78, 5) is 24.3. The zero-order valence-electron chi connectivity index (χ0n) is 18.1. The van der Waals surface area contributed by atoms with E-state index in [2.05, 4.69) is 42.3 Å². The molecule has 0 bridgehead atoms. The van der Waals surface area contributed by atoms with Gasteiger partial charge < -0.3 is 0 Å². The minimum absolute atomic E-state index is 0.130. The number of benzene rings is 2. The lowest BCUT2D eigenvalue weighted by Crippen LogP contribution is -2.13. The molecule has 1 N–H and O–H groups in total. The van der Waals surface area contributed by atoms with Gasteiger partial charge in [-0.25, -0.2) is 9.97 Å². The highest BCUT2D eigenvalue weighted by atomic mass is 32.1. The SMILES string of the molecule is Cc1ccc(-c2cc(C(=O)Nc3nc4c(s3)CCCC4)c3cccc(C)c3n2)cc1C. The zero-order valence-corrected chi connectivity index (χ0v) is 18.9. The fraction of sp³-hybridized carbons (Fsp3) is 0.269. The quantitative estimate of drug-likeness (QED) is 0.411. The number of anilines is 1. The van der Waals surface area contributed by atoms with Gasteiger partial charge in [-0.05, 0) is 75.3 Å².